The number of carboxylic acid groups (broad SMARTS) is 1. The molecule has 1 aliphatic carbocycles. The number of benzene rings is 1. The van der Waals surface area contributed by atoms with Crippen molar-refractivity contribution in [2.24, 2.45) is 0 Å². The highest BCUT2D eigenvalue weighted by Crippen LogP contribution is 2.42. The van der Waals surface area contributed by atoms with Crippen molar-refractivity contribution < 1.29 is 14.7 Å². The Bertz CT molecular complexity index is 1480. The molecule has 2 N–H and O–H groups in total. The monoisotopic (exact) mass is 635 g/mol. The van der Waals surface area contributed by atoms with Gasteiger partial charge in [0.1, 0.15) is 5.69 Å². The topological polar surface area (TPSA) is 82.5 Å². The van der Waals surface area contributed by atoms with E-state index in [1.807, 2.05) is 11.4 Å². The quantitative estimate of drug-likeness (QED) is 0.253. The third-order valence-electron chi connectivity index (χ3n) is 7.31. The minimum atomic E-state index is -1.08. The predicted octanol–water partition coefficient (Wildman–Crippen LogP) is 8.99. The van der Waals surface area contributed by atoms with Crippen LogP contribution in [0.15, 0.2) is 35.2 Å². The molecule has 0 atom stereocenters. The highest BCUT2D eigenvalue weighted by molar-refractivity contribution is 7.18. The largest absolute Gasteiger partial charge is 0.478 e. The molecule has 1 amide bonds. The van der Waals surface area contributed by atoms with E-state index < -0.39 is 11.9 Å². The lowest BCUT2D eigenvalue weighted by Crippen LogP contribution is -2.39. The molecule has 3 aromatic rings. The average Bonchev–Trinajstić information content (AvgIpc) is 3.57. The van der Waals surface area contributed by atoms with Crippen molar-refractivity contribution in [2.45, 2.75) is 51.5 Å². The van der Waals surface area contributed by atoms with Crippen LogP contribution in [0.1, 0.15) is 66.2 Å². The summed E-state index contributed by atoms with van der Waals surface area (Å²) >= 11 is 22.0. The Morgan fingerprint density at radius 2 is 1.85 bits per heavy atom. The number of hydrogen-bond donors (Lipinski definition) is 2. The summed E-state index contributed by atoms with van der Waals surface area (Å²) in [6, 6.07) is 5.52. The smallest absolute Gasteiger partial charge is 0.331 e. The molecular weight excluding hydrogens is 609 g/mol. The van der Waals surface area contributed by atoms with Crippen molar-refractivity contribution in [3.8, 4) is 10.6 Å². The van der Waals surface area contributed by atoms with Gasteiger partial charge in [0, 0.05) is 41.2 Å². The molecule has 11 heteroatoms. The van der Waals surface area contributed by atoms with Gasteiger partial charge in [0.05, 0.1) is 24.8 Å². The van der Waals surface area contributed by atoms with Crippen LogP contribution in [-0.2, 0) is 4.79 Å². The number of carbonyl (C=O) groups is 2. The van der Waals surface area contributed by atoms with Crippen molar-refractivity contribution in [3.63, 3.8) is 0 Å². The summed E-state index contributed by atoms with van der Waals surface area (Å²) in [6.07, 6.45) is 11.2. The van der Waals surface area contributed by atoms with Gasteiger partial charge in [-0.2, -0.15) is 0 Å². The van der Waals surface area contributed by atoms with Crippen LogP contribution in [0.25, 0.3) is 22.2 Å². The summed E-state index contributed by atoms with van der Waals surface area (Å²) in [7, 11) is 0. The van der Waals surface area contributed by atoms with Crippen molar-refractivity contribution in [2.75, 3.05) is 18.4 Å². The van der Waals surface area contributed by atoms with E-state index in [1.54, 1.807) is 0 Å². The first-order valence-corrected chi connectivity index (χ1v) is 15.9. The minimum Gasteiger partial charge on any atom is -0.478 e. The zero-order valence-electron chi connectivity index (χ0n) is 21.8. The zero-order chi connectivity index (χ0) is 28.4. The third-order valence-corrected chi connectivity index (χ3v) is 10.3. The van der Waals surface area contributed by atoms with Gasteiger partial charge in [-0.05, 0) is 56.0 Å². The fourth-order valence-electron chi connectivity index (χ4n) is 5.17. The van der Waals surface area contributed by atoms with Crippen LogP contribution in [0.3, 0.4) is 0 Å². The molecule has 210 valence electrons. The average molecular weight is 637 g/mol. The zero-order valence-corrected chi connectivity index (χ0v) is 25.7. The Morgan fingerprint density at radius 1 is 1.12 bits per heavy atom. The van der Waals surface area contributed by atoms with Crippen LogP contribution in [-0.4, -0.2) is 46.0 Å². The first kappa shape index (κ1) is 29.3. The molecule has 1 aromatic carbocycles. The Balaban J connectivity index is 1.40. The number of hydrogen-bond acceptors (Lipinski definition) is 6. The molecule has 0 saturated heterocycles. The van der Waals surface area contributed by atoms with Gasteiger partial charge >= 0.3 is 5.97 Å². The lowest BCUT2D eigenvalue weighted by atomic mass is 9.92. The summed E-state index contributed by atoms with van der Waals surface area (Å²) in [5, 5.41) is 15.4. The molecule has 0 unspecified atom stereocenters. The molecule has 1 aliphatic heterocycles. The number of carbonyl (C=O) groups excluding carboxylic acids is 1. The lowest BCUT2D eigenvalue weighted by Gasteiger charge is -2.36. The number of aliphatic carboxylic acids is 1. The molecule has 2 aromatic heterocycles. The van der Waals surface area contributed by atoms with E-state index >= 15 is 0 Å². The third kappa shape index (κ3) is 6.64. The van der Waals surface area contributed by atoms with Crippen molar-refractivity contribution in [1.82, 2.24) is 9.88 Å². The van der Waals surface area contributed by atoms with Gasteiger partial charge < -0.3 is 5.11 Å². The van der Waals surface area contributed by atoms with Crippen LogP contribution < -0.4 is 5.32 Å². The maximum atomic E-state index is 13.2. The lowest BCUT2D eigenvalue weighted by molar-refractivity contribution is -0.132. The van der Waals surface area contributed by atoms with E-state index in [0.29, 0.717) is 21.8 Å². The van der Waals surface area contributed by atoms with E-state index in [1.165, 1.54) is 85.5 Å². The summed E-state index contributed by atoms with van der Waals surface area (Å²) in [4.78, 5) is 33.8. The second-order valence-electron chi connectivity index (χ2n) is 10.0. The van der Waals surface area contributed by atoms with Crippen molar-refractivity contribution in [1.29, 1.82) is 0 Å². The highest BCUT2D eigenvalue weighted by Gasteiger charge is 2.26. The molecule has 40 heavy (non-hydrogen) atoms. The standard InChI is InChI=1S/C29H28Cl3N3O3S2/c1-16(28(37)38)11-21-22(31)12-18(13-23(21)32)27(36)34-29-33-25(24-14-19(30)15-39-24)26(40-29)17-7-9-35(10-8-17)20-5-3-2-4-6-20/h7,11-15,20H,2-6,8-10H2,1H3,(H,37,38)(H,33,34,36)/b16-11+. The van der Waals surface area contributed by atoms with E-state index in [-0.39, 0.29) is 21.2 Å². The Morgan fingerprint density at radius 3 is 2.45 bits per heavy atom. The van der Waals surface area contributed by atoms with Crippen LogP contribution in [0.4, 0.5) is 5.13 Å². The van der Waals surface area contributed by atoms with E-state index in [4.69, 9.17) is 44.9 Å². The number of nitrogens with zero attached hydrogens (tertiary/aromatic N) is 2. The Labute approximate surface area is 256 Å². The van der Waals surface area contributed by atoms with Gasteiger partial charge in [0.15, 0.2) is 5.13 Å². The fraction of sp³-hybridized carbons (Fsp3) is 0.345. The molecule has 1 fully saturated rings. The number of nitrogens with one attached hydrogen (secondary N) is 1. The van der Waals surface area contributed by atoms with Crippen molar-refractivity contribution >= 4 is 86.1 Å². The highest BCUT2D eigenvalue weighted by atomic mass is 35.5. The number of amides is 1. The number of thiazole rings is 1. The number of halogens is 3. The van der Waals surface area contributed by atoms with Gasteiger partial charge in [-0.1, -0.05) is 71.5 Å². The molecule has 0 radical (unpaired) electrons. The van der Waals surface area contributed by atoms with Gasteiger partial charge in [0.25, 0.3) is 5.91 Å². The van der Waals surface area contributed by atoms with Gasteiger partial charge in [-0.3, -0.25) is 15.0 Å². The maximum Gasteiger partial charge on any atom is 0.331 e. The van der Waals surface area contributed by atoms with E-state index in [9.17, 15) is 9.59 Å². The van der Waals surface area contributed by atoms with Crippen LogP contribution in [0.5, 0.6) is 0 Å². The summed E-state index contributed by atoms with van der Waals surface area (Å²) in [5.41, 5.74) is 2.73. The molecule has 0 bridgehead atoms. The molecule has 5 rings (SSSR count). The van der Waals surface area contributed by atoms with Gasteiger partial charge in [-0.15, -0.1) is 11.3 Å². The van der Waals surface area contributed by atoms with E-state index in [2.05, 4.69) is 16.3 Å². The van der Waals surface area contributed by atoms with Crippen molar-refractivity contribution in [3.05, 3.63) is 66.3 Å². The number of aromatic nitrogens is 1. The second kappa shape index (κ2) is 12.8. The molecule has 6 nitrogen and oxygen atoms in total. The Kier molecular flexibility index (Phi) is 9.35. The number of rotatable bonds is 7. The number of thiophene rings is 1. The van der Waals surface area contributed by atoms with Crippen LogP contribution >= 0.6 is 57.5 Å². The summed E-state index contributed by atoms with van der Waals surface area (Å²) in [5.74, 6) is -1.49. The first-order chi connectivity index (χ1) is 19.2. The maximum absolute atomic E-state index is 13.2. The molecular formula is C29H28Cl3N3O3S2. The van der Waals surface area contributed by atoms with E-state index in [0.717, 1.165) is 35.0 Å². The normalized spacial score (nSPS) is 17.1. The summed E-state index contributed by atoms with van der Waals surface area (Å²) < 4.78 is 0. The molecule has 2 aliphatic rings. The number of carboxylic acids is 1. The second-order valence-corrected chi connectivity index (χ2v) is 13.2. The fourth-order valence-corrected chi connectivity index (χ4v) is 7.94. The molecule has 1 saturated carbocycles. The van der Waals surface area contributed by atoms with Gasteiger partial charge in [0.2, 0.25) is 0 Å². The molecule has 3 heterocycles. The predicted molar refractivity (Wildman–Crippen MR) is 167 cm³/mol. The van der Waals surface area contributed by atoms with Crippen LogP contribution in [0.2, 0.25) is 15.1 Å². The van der Waals surface area contributed by atoms with Crippen LogP contribution in [0, 0.1) is 0 Å². The van der Waals surface area contributed by atoms with Gasteiger partial charge in [-0.25, -0.2) is 9.78 Å². The summed E-state index contributed by atoms with van der Waals surface area (Å²) in [6.45, 7) is 3.38. The first-order valence-electron chi connectivity index (χ1n) is 13.1. The minimum absolute atomic E-state index is 0.0800. The SMILES string of the molecule is C/C(=C\c1c(Cl)cc(C(=O)Nc2nc(-c3cc(Cl)cs3)c(C3=CCN(C4CCCCC4)CC3)s2)cc1Cl)C(=O)O. The number of anilines is 1. The molecule has 0 spiro atoms. The Hall–Kier alpha value is -2.20.